The lowest BCUT2D eigenvalue weighted by molar-refractivity contribution is 0.0917. The summed E-state index contributed by atoms with van der Waals surface area (Å²) in [5.74, 6) is 0.0958. The van der Waals surface area contributed by atoms with Gasteiger partial charge in [0.05, 0.1) is 11.4 Å². The third kappa shape index (κ3) is 3.60. The molecule has 2 aromatic carbocycles. The van der Waals surface area contributed by atoms with Gasteiger partial charge < -0.3 is 5.32 Å². The van der Waals surface area contributed by atoms with Gasteiger partial charge in [-0.15, -0.1) is 0 Å². The highest BCUT2D eigenvalue weighted by Crippen LogP contribution is 2.36. The molecule has 0 radical (unpaired) electrons. The van der Waals surface area contributed by atoms with Gasteiger partial charge in [-0.2, -0.15) is 5.10 Å². The van der Waals surface area contributed by atoms with Gasteiger partial charge in [-0.05, 0) is 42.5 Å². The van der Waals surface area contributed by atoms with Crippen molar-refractivity contribution < 1.29 is 4.79 Å². The number of rotatable bonds is 4. The zero-order valence-electron chi connectivity index (χ0n) is 14.7. The van der Waals surface area contributed by atoms with Gasteiger partial charge in [-0.3, -0.25) is 9.59 Å². The third-order valence-electron chi connectivity index (χ3n) is 5.30. The lowest BCUT2D eigenvalue weighted by atomic mass is 9.91. The minimum atomic E-state index is -0.299. The van der Waals surface area contributed by atoms with Gasteiger partial charge in [0.2, 0.25) is 0 Å². The number of hydrogen-bond acceptors (Lipinski definition) is 3. The fourth-order valence-corrected chi connectivity index (χ4v) is 4.06. The molecule has 6 heteroatoms. The van der Waals surface area contributed by atoms with E-state index >= 15 is 0 Å². The van der Waals surface area contributed by atoms with E-state index in [1.165, 1.54) is 12.8 Å². The van der Waals surface area contributed by atoms with Gasteiger partial charge >= 0.3 is 0 Å². The van der Waals surface area contributed by atoms with Crippen molar-refractivity contribution in [3.05, 3.63) is 75.2 Å². The van der Waals surface area contributed by atoms with Crippen LogP contribution in [0.15, 0.2) is 53.3 Å². The van der Waals surface area contributed by atoms with Crippen LogP contribution < -0.4 is 10.9 Å². The molecule has 1 unspecified atom stereocenters. The van der Waals surface area contributed by atoms with E-state index in [4.69, 9.17) is 11.6 Å². The Labute approximate surface area is 161 Å². The average Bonchev–Trinajstić information content (AvgIpc) is 3.22. The van der Waals surface area contributed by atoms with Crippen LogP contribution in [0.2, 0.25) is 5.02 Å². The lowest BCUT2D eigenvalue weighted by Gasteiger charge is -2.25. The summed E-state index contributed by atoms with van der Waals surface area (Å²) in [6.07, 6.45) is 4.50. The maximum Gasteiger partial charge on any atom is 0.272 e. The molecule has 1 atom stereocenters. The molecule has 0 bridgehead atoms. The lowest BCUT2D eigenvalue weighted by Crippen LogP contribution is -2.34. The molecule has 1 saturated carbocycles. The third-order valence-corrected chi connectivity index (χ3v) is 5.55. The number of fused-ring (bicyclic) bond motifs is 1. The number of carbonyl (C=O) groups excluding carboxylic acids is 1. The Kier molecular flexibility index (Phi) is 4.94. The number of nitrogens with one attached hydrogen (secondary N) is 2. The summed E-state index contributed by atoms with van der Waals surface area (Å²) >= 11 is 6.03. The largest absolute Gasteiger partial charge is 0.344 e. The SMILES string of the molecule is O=C(NC(c1ccc(Cl)cc1)C1CCCC1)c1n[nH]c(=O)c2ccccc12. The van der Waals surface area contributed by atoms with Gasteiger partial charge in [0.25, 0.3) is 11.5 Å². The predicted molar refractivity (Wildman–Crippen MR) is 106 cm³/mol. The molecule has 5 nitrogen and oxygen atoms in total. The van der Waals surface area contributed by atoms with Gasteiger partial charge in [0.1, 0.15) is 0 Å². The van der Waals surface area contributed by atoms with E-state index in [0.29, 0.717) is 21.7 Å². The number of carbonyl (C=O) groups is 1. The van der Waals surface area contributed by atoms with E-state index in [1.54, 1.807) is 24.3 Å². The summed E-state index contributed by atoms with van der Waals surface area (Å²) < 4.78 is 0. The summed E-state index contributed by atoms with van der Waals surface area (Å²) in [7, 11) is 0. The number of halogens is 1. The minimum absolute atomic E-state index is 0.107. The second-order valence-electron chi connectivity index (χ2n) is 6.99. The highest BCUT2D eigenvalue weighted by molar-refractivity contribution is 6.30. The van der Waals surface area contributed by atoms with E-state index in [9.17, 15) is 9.59 Å². The molecule has 1 fully saturated rings. The number of amides is 1. The van der Waals surface area contributed by atoms with Crippen LogP contribution in [0.3, 0.4) is 0 Å². The first-order valence-corrected chi connectivity index (χ1v) is 9.55. The number of aromatic amines is 1. The Morgan fingerprint density at radius 1 is 1.07 bits per heavy atom. The summed E-state index contributed by atoms with van der Waals surface area (Å²) in [6, 6.07) is 14.5. The Morgan fingerprint density at radius 2 is 1.74 bits per heavy atom. The molecule has 1 heterocycles. The first-order chi connectivity index (χ1) is 13.1. The van der Waals surface area contributed by atoms with Gasteiger partial charge in [0, 0.05) is 10.4 Å². The summed E-state index contributed by atoms with van der Waals surface area (Å²) in [5, 5.41) is 11.3. The highest BCUT2D eigenvalue weighted by atomic mass is 35.5. The summed E-state index contributed by atoms with van der Waals surface area (Å²) in [4.78, 5) is 25.0. The molecule has 0 aliphatic heterocycles. The molecule has 3 aromatic rings. The van der Waals surface area contributed by atoms with E-state index in [1.807, 2.05) is 24.3 Å². The maximum absolute atomic E-state index is 13.1. The van der Waals surface area contributed by atoms with Crippen LogP contribution in [0.1, 0.15) is 47.8 Å². The Morgan fingerprint density at radius 3 is 2.44 bits per heavy atom. The van der Waals surface area contributed by atoms with E-state index in [0.717, 1.165) is 18.4 Å². The van der Waals surface area contributed by atoms with Crippen LogP contribution in [0, 0.1) is 5.92 Å². The first kappa shape index (κ1) is 17.7. The number of H-pyrrole nitrogens is 1. The van der Waals surface area contributed by atoms with E-state index < -0.39 is 0 Å². The quantitative estimate of drug-likeness (QED) is 0.709. The Bertz CT molecular complexity index is 1020. The van der Waals surface area contributed by atoms with Gasteiger partial charge in [0.15, 0.2) is 5.69 Å². The van der Waals surface area contributed by atoms with Crippen molar-refractivity contribution in [2.75, 3.05) is 0 Å². The van der Waals surface area contributed by atoms with Gasteiger partial charge in [-0.1, -0.05) is 54.8 Å². The maximum atomic E-state index is 13.1. The van der Waals surface area contributed by atoms with Crippen LogP contribution >= 0.6 is 11.6 Å². The molecule has 2 N–H and O–H groups in total. The van der Waals surface area contributed by atoms with Crippen molar-refractivity contribution in [1.82, 2.24) is 15.5 Å². The molecule has 4 rings (SSSR count). The molecular weight excluding hydrogens is 362 g/mol. The Hall–Kier alpha value is -2.66. The fraction of sp³-hybridized carbons (Fsp3) is 0.286. The second kappa shape index (κ2) is 7.53. The van der Waals surface area contributed by atoms with E-state index in [2.05, 4.69) is 15.5 Å². The number of aromatic nitrogens is 2. The molecule has 1 aliphatic carbocycles. The molecule has 27 heavy (non-hydrogen) atoms. The summed E-state index contributed by atoms with van der Waals surface area (Å²) in [6.45, 7) is 0. The fourth-order valence-electron chi connectivity index (χ4n) is 3.93. The van der Waals surface area contributed by atoms with Crippen molar-refractivity contribution in [2.24, 2.45) is 5.92 Å². The van der Waals surface area contributed by atoms with Gasteiger partial charge in [-0.25, -0.2) is 5.10 Å². The number of hydrogen-bond donors (Lipinski definition) is 2. The smallest absolute Gasteiger partial charge is 0.272 e. The van der Waals surface area contributed by atoms with Crippen molar-refractivity contribution in [2.45, 2.75) is 31.7 Å². The molecule has 0 spiro atoms. The van der Waals surface area contributed by atoms with E-state index in [-0.39, 0.29) is 23.2 Å². The van der Waals surface area contributed by atoms with Crippen molar-refractivity contribution >= 4 is 28.3 Å². The number of nitrogens with zero attached hydrogens (tertiary/aromatic N) is 1. The molecule has 1 amide bonds. The molecule has 138 valence electrons. The standard InChI is InChI=1S/C21H20ClN3O2/c22-15-11-9-14(10-12-15)18(13-5-1-2-6-13)23-21(27)19-16-7-3-4-8-17(16)20(26)25-24-19/h3-4,7-13,18H,1-2,5-6H2,(H,23,27)(H,25,26). The van der Waals surface area contributed by atoms with Crippen LogP contribution in [0.25, 0.3) is 10.8 Å². The molecule has 0 saturated heterocycles. The van der Waals surface area contributed by atoms with Crippen LogP contribution in [-0.2, 0) is 0 Å². The second-order valence-corrected chi connectivity index (χ2v) is 7.43. The normalized spacial score (nSPS) is 15.7. The van der Waals surface area contributed by atoms with Crippen molar-refractivity contribution in [3.63, 3.8) is 0 Å². The van der Waals surface area contributed by atoms with Crippen molar-refractivity contribution in [1.29, 1.82) is 0 Å². The average molecular weight is 382 g/mol. The van der Waals surface area contributed by atoms with Crippen LogP contribution in [0.5, 0.6) is 0 Å². The summed E-state index contributed by atoms with van der Waals surface area (Å²) in [5.41, 5.74) is 0.975. The monoisotopic (exact) mass is 381 g/mol. The molecular formula is C21H20ClN3O2. The highest BCUT2D eigenvalue weighted by Gasteiger charge is 2.29. The zero-order chi connectivity index (χ0) is 18.8. The molecule has 1 aromatic heterocycles. The van der Waals surface area contributed by atoms with Crippen LogP contribution in [-0.4, -0.2) is 16.1 Å². The Balaban J connectivity index is 1.69. The number of benzene rings is 2. The topological polar surface area (TPSA) is 74.8 Å². The first-order valence-electron chi connectivity index (χ1n) is 9.17. The van der Waals surface area contributed by atoms with Crippen molar-refractivity contribution in [3.8, 4) is 0 Å². The predicted octanol–water partition coefficient (Wildman–Crippen LogP) is 4.24. The molecule has 1 aliphatic rings. The minimum Gasteiger partial charge on any atom is -0.344 e. The van der Waals surface area contributed by atoms with Crippen LogP contribution in [0.4, 0.5) is 0 Å². The zero-order valence-corrected chi connectivity index (χ0v) is 15.5.